The summed E-state index contributed by atoms with van der Waals surface area (Å²) in [5.41, 5.74) is 3.52. The van der Waals surface area contributed by atoms with E-state index in [1.54, 1.807) is 7.11 Å². The lowest BCUT2D eigenvalue weighted by molar-refractivity contribution is 0.242. The molecule has 0 spiro atoms. The summed E-state index contributed by atoms with van der Waals surface area (Å²) in [6.07, 6.45) is 1.05. The standard InChI is InChI=1S/C26H30FNO2/c1-19(2)30-25-14-8-22(9-15-25)26(21-6-10-23(27)11-7-21)16-17-28-18-20-4-12-24(29-3)13-5-20/h4-15,19,26,28H,16-18H2,1-3H3/t26-/m0/s1. The quantitative estimate of drug-likeness (QED) is 0.422. The van der Waals surface area contributed by atoms with Crippen molar-refractivity contribution >= 4 is 0 Å². The van der Waals surface area contributed by atoms with Crippen molar-refractivity contribution in [3.63, 3.8) is 0 Å². The van der Waals surface area contributed by atoms with Crippen molar-refractivity contribution < 1.29 is 13.9 Å². The average Bonchev–Trinajstić information content (AvgIpc) is 2.75. The Morgan fingerprint density at radius 3 is 1.93 bits per heavy atom. The lowest BCUT2D eigenvalue weighted by Crippen LogP contribution is -2.18. The summed E-state index contributed by atoms with van der Waals surface area (Å²) in [6.45, 7) is 5.67. The topological polar surface area (TPSA) is 30.5 Å². The van der Waals surface area contributed by atoms with Gasteiger partial charge in [-0.05, 0) is 79.9 Å². The first-order chi connectivity index (χ1) is 14.5. The Morgan fingerprint density at radius 2 is 1.37 bits per heavy atom. The molecule has 0 aliphatic heterocycles. The second-order valence-electron chi connectivity index (χ2n) is 7.65. The number of hydrogen-bond acceptors (Lipinski definition) is 3. The Bertz CT molecular complexity index is 890. The molecular weight excluding hydrogens is 377 g/mol. The molecule has 0 bridgehead atoms. The van der Waals surface area contributed by atoms with E-state index >= 15 is 0 Å². The van der Waals surface area contributed by atoms with Gasteiger partial charge in [0.25, 0.3) is 0 Å². The molecule has 4 heteroatoms. The summed E-state index contributed by atoms with van der Waals surface area (Å²) >= 11 is 0. The molecule has 158 valence electrons. The molecule has 3 nitrogen and oxygen atoms in total. The van der Waals surface area contributed by atoms with Gasteiger partial charge in [-0.3, -0.25) is 0 Å². The number of rotatable bonds is 10. The molecule has 0 saturated carbocycles. The molecule has 0 radical (unpaired) electrons. The maximum Gasteiger partial charge on any atom is 0.123 e. The van der Waals surface area contributed by atoms with Gasteiger partial charge in [0.15, 0.2) is 0 Å². The molecule has 3 aromatic carbocycles. The molecule has 0 aliphatic rings. The summed E-state index contributed by atoms with van der Waals surface area (Å²) in [7, 11) is 1.67. The minimum Gasteiger partial charge on any atom is -0.497 e. The van der Waals surface area contributed by atoms with Crippen LogP contribution in [0.15, 0.2) is 72.8 Å². The second-order valence-corrected chi connectivity index (χ2v) is 7.65. The van der Waals surface area contributed by atoms with Crippen LogP contribution in [0.5, 0.6) is 11.5 Å². The highest BCUT2D eigenvalue weighted by atomic mass is 19.1. The smallest absolute Gasteiger partial charge is 0.123 e. The van der Waals surface area contributed by atoms with Crippen LogP contribution in [-0.4, -0.2) is 19.8 Å². The van der Waals surface area contributed by atoms with Crippen LogP contribution in [0.1, 0.15) is 42.9 Å². The average molecular weight is 408 g/mol. The monoisotopic (exact) mass is 407 g/mol. The summed E-state index contributed by atoms with van der Waals surface area (Å²) in [5, 5.41) is 3.52. The molecule has 3 rings (SSSR count). The van der Waals surface area contributed by atoms with Gasteiger partial charge in [-0.1, -0.05) is 36.4 Å². The van der Waals surface area contributed by atoms with E-state index in [0.717, 1.165) is 36.6 Å². The van der Waals surface area contributed by atoms with Gasteiger partial charge in [0, 0.05) is 12.5 Å². The predicted molar refractivity (Wildman–Crippen MR) is 120 cm³/mol. The van der Waals surface area contributed by atoms with E-state index in [1.165, 1.54) is 23.3 Å². The Labute approximate surface area is 178 Å². The zero-order valence-electron chi connectivity index (χ0n) is 17.9. The highest BCUT2D eigenvalue weighted by molar-refractivity contribution is 5.36. The molecule has 0 amide bonds. The molecule has 0 unspecified atom stereocenters. The van der Waals surface area contributed by atoms with Gasteiger partial charge < -0.3 is 14.8 Å². The first kappa shape index (κ1) is 21.8. The van der Waals surface area contributed by atoms with Crippen LogP contribution < -0.4 is 14.8 Å². The van der Waals surface area contributed by atoms with Crippen molar-refractivity contribution in [3.05, 3.63) is 95.3 Å². The molecule has 30 heavy (non-hydrogen) atoms. The van der Waals surface area contributed by atoms with E-state index in [0.29, 0.717) is 0 Å². The first-order valence-corrected chi connectivity index (χ1v) is 10.4. The molecule has 0 fully saturated rings. The SMILES string of the molecule is COc1ccc(CNCC[C@@H](c2ccc(F)cc2)c2ccc(OC(C)C)cc2)cc1. The van der Waals surface area contributed by atoms with Crippen LogP contribution in [0.4, 0.5) is 4.39 Å². The molecule has 1 N–H and O–H groups in total. The van der Waals surface area contributed by atoms with Crippen molar-refractivity contribution in [1.29, 1.82) is 0 Å². The highest BCUT2D eigenvalue weighted by Gasteiger charge is 2.14. The Balaban J connectivity index is 1.66. The minimum atomic E-state index is -0.212. The van der Waals surface area contributed by atoms with Crippen LogP contribution in [-0.2, 0) is 6.54 Å². The van der Waals surface area contributed by atoms with E-state index in [9.17, 15) is 4.39 Å². The summed E-state index contributed by atoms with van der Waals surface area (Å²) in [5.74, 6) is 1.70. The highest BCUT2D eigenvalue weighted by Crippen LogP contribution is 2.29. The Morgan fingerprint density at radius 1 is 0.800 bits per heavy atom. The van der Waals surface area contributed by atoms with Crippen LogP contribution in [0.2, 0.25) is 0 Å². The largest absolute Gasteiger partial charge is 0.497 e. The van der Waals surface area contributed by atoms with Crippen LogP contribution >= 0.6 is 0 Å². The second kappa shape index (κ2) is 10.8. The normalized spacial score (nSPS) is 12.0. The molecule has 0 aliphatic carbocycles. The minimum absolute atomic E-state index is 0.144. The Hall–Kier alpha value is -2.85. The predicted octanol–water partition coefficient (Wildman–Crippen LogP) is 5.93. The zero-order valence-corrected chi connectivity index (χ0v) is 17.9. The van der Waals surface area contributed by atoms with Gasteiger partial charge in [-0.25, -0.2) is 4.39 Å². The van der Waals surface area contributed by atoms with Gasteiger partial charge in [0.1, 0.15) is 17.3 Å². The van der Waals surface area contributed by atoms with E-state index in [2.05, 4.69) is 29.6 Å². The third kappa shape index (κ3) is 6.33. The fraction of sp³-hybridized carbons (Fsp3) is 0.308. The van der Waals surface area contributed by atoms with E-state index in [-0.39, 0.29) is 17.8 Å². The van der Waals surface area contributed by atoms with Crippen molar-refractivity contribution in [2.75, 3.05) is 13.7 Å². The molecule has 0 aromatic heterocycles. The molecular formula is C26H30FNO2. The maximum atomic E-state index is 13.4. The van der Waals surface area contributed by atoms with Crippen molar-refractivity contribution in [2.24, 2.45) is 0 Å². The van der Waals surface area contributed by atoms with Crippen LogP contribution in [0.3, 0.4) is 0 Å². The summed E-state index contributed by atoms with van der Waals surface area (Å²) in [6, 6.07) is 23.1. The number of nitrogens with one attached hydrogen (secondary N) is 1. The van der Waals surface area contributed by atoms with Gasteiger partial charge in [0.2, 0.25) is 0 Å². The third-order valence-corrected chi connectivity index (χ3v) is 5.02. The van der Waals surface area contributed by atoms with Crippen molar-refractivity contribution in [2.45, 2.75) is 38.8 Å². The fourth-order valence-electron chi connectivity index (χ4n) is 3.49. The lowest BCUT2D eigenvalue weighted by Gasteiger charge is -2.19. The van der Waals surface area contributed by atoms with Crippen LogP contribution in [0, 0.1) is 5.82 Å². The molecule has 1 atom stereocenters. The first-order valence-electron chi connectivity index (χ1n) is 10.4. The molecule has 0 saturated heterocycles. The van der Waals surface area contributed by atoms with Crippen LogP contribution in [0.25, 0.3) is 0 Å². The number of hydrogen-bond donors (Lipinski definition) is 1. The van der Waals surface area contributed by atoms with Gasteiger partial charge in [-0.15, -0.1) is 0 Å². The van der Waals surface area contributed by atoms with Crippen molar-refractivity contribution in [3.8, 4) is 11.5 Å². The Kier molecular flexibility index (Phi) is 7.86. The van der Waals surface area contributed by atoms with E-state index in [1.807, 2.05) is 50.2 Å². The number of methoxy groups -OCH3 is 1. The number of ether oxygens (including phenoxy) is 2. The summed E-state index contributed by atoms with van der Waals surface area (Å²) in [4.78, 5) is 0. The third-order valence-electron chi connectivity index (χ3n) is 5.02. The molecule has 0 heterocycles. The number of halogens is 1. The van der Waals surface area contributed by atoms with E-state index < -0.39 is 0 Å². The zero-order chi connectivity index (χ0) is 21.3. The van der Waals surface area contributed by atoms with Crippen molar-refractivity contribution in [1.82, 2.24) is 5.32 Å². The number of benzene rings is 3. The maximum absolute atomic E-state index is 13.4. The summed E-state index contributed by atoms with van der Waals surface area (Å²) < 4.78 is 24.4. The van der Waals surface area contributed by atoms with E-state index in [4.69, 9.17) is 9.47 Å². The van der Waals surface area contributed by atoms with Gasteiger partial charge >= 0.3 is 0 Å². The lowest BCUT2D eigenvalue weighted by atomic mass is 9.88. The van der Waals surface area contributed by atoms with Gasteiger partial charge in [0.05, 0.1) is 13.2 Å². The van der Waals surface area contributed by atoms with Gasteiger partial charge in [-0.2, -0.15) is 0 Å². The molecule has 3 aromatic rings. The fourth-order valence-corrected chi connectivity index (χ4v) is 3.49.